The van der Waals surface area contributed by atoms with Gasteiger partial charge in [0.15, 0.2) is 0 Å². The van der Waals surface area contributed by atoms with Crippen LogP contribution in [-0.4, -0.2) is 18.8 Å². The van der Waals surface area contributed by atoms with Gasteiger partial charge in [0.2, 0.25) is 0 Å². The lowest BCUT2D eigenvalue weighted by Crippen LogP contribution is -2.40. The zero-order valence-corrected chi connectivity index (χ0v) is 10.6. The minimum absolute atomic E-state index is 0.0233. The minimum atomic E-state index is -1.11. The van der Waals surface area contributed by atoms with Gasteiger partial charge in [-0.05, 0) is 24.1 Å². The van der Waals surface area contributed by atoms with Gasteiger partial charge < -0.3 is 15.6 Å². The third-order valence-electron chi connectivity index (χ3n) is 2.89. The van der Waals surface area contributed by atoms with Crippen LogP contribution in [0.5, 0.6) is 5.75 Å². The van der Waals surface area contributed by atoms with Crippen molar-refractivity contribution in [1.82, 2.24) is 0 Å². The average Bonchev–Trinajstić information content (AvgIpc) is 2.27. The fourth-order valence-corrected chi connectivity index (χ4v) is 1.85. The van der Waals surface area contributed by atoms with E-state index in [-0.39, 0.29) is 12.5 Å². The van der Waals surface area contributed by atoms with E-state index in [0.29, 0.717) is 16.3 Å². The van der Waals surface area contributed by atoms with E-state index in [4.69, 9.17) is 22.1 Å². The number of halogens is 1. The summed E-state index contributed by atoms with van der Waals surface area (Å²) in [5.41, 5.74) is 5.19. The van der Waals surface area contributed by atoms with Crippen LogP contribution in [0.15, 0.2) is 18.2 Å². The Hall–Kier alpha value is -0.770. The van der Waals surface area contributed by atoms with Gasteiger partial charge >= 0.3 is 0 Å². The van der Waals surface area contributed by atoms with Crippen LogP contribution in [0.25, 0.3) is 0 Å². The van der Waals surface area contributed by atoms with Crippen LogP contribution in [0, 0.1) is 5.92 Å². The molecule has 3 nitrogen and oxygen atoms in total. The van der Waals surface area contributed by atoms with Crippen molar-refractivity contribution < 1.29 is 9.84 Å². The summed E-state index contributed by atoms with van der Waals surface area (Å²) in [6, 6.07) is 5.16. The van der Waals surface area contributed by atoms with E-state index in [9.17, 15) is 5.11 Å². The summed E-state index contributed by atoms with van der Waals surface area (Å²) in [5.74, 6) is 0.580. The lowest BCUT2D eigenvalue weighted by Gasteiger charge is -2.32. The fourth-order valence-electron chi connectivity index (χ4n) is 1.68. The predicted octanol–water partition coefficient (Wildman–Crippen LogP) is 2.15. The summed E-state index contributed by atoms with van der Waals surface area (Å²) in [6.07, 6.45) is 0. The standard InChI is InChI=1S/C12H18ClNO2/c1-8(2)12(15,7-14)10-6-9(13)4-5-11(10)16-3/h4-6,8,15H,7,14H2,1-3H3. The summed E-state index contributed by atoms with van der Waals surface area (Å²) >= 11 is 5.93. The van der Waals surface area contributed by atoms with Crippen LogP contribution in [0.1, 0.15) is 19.4 Å². The van der Waals surface area contributed by atoms with Crippen molar-refractivity contribution in [3.8, 4) is 5.75 Å². The summed E-state index contributed by atoms with van der Waals surface area (Å²) in [7, 11) is 1.56. The van der Waals surface area contributed by atoms with Gasteiger partial charge in [-0.2, -0.15) is 0 Å². The lowest BCUT2D eigenvalue weighted by atomic mass is 9.83. The highest BCUT2D eigenvalue weighted by Gasteiger charge is 2.34. The highest BCUT2D eigenvalue weighted by molar-refractivity contribution is 6.30. The van der Waals surface area contributed by atoms with Gasteiger partial charge in [-0.25, -0.2) is 0 Å². The Morgan fingerprint density at radius 2 is 2.12 bits per heavy atom. The van der Waals surface area contributed by atoms with Crippen LogP contribution in [0.3, 0.4) is 0 Å². The van der Waals surface area contributed by atoms with E-state index < -0.39 is 5.60 Å². The van der Waals surface area contributed by atoms with E-state index >= 15 is 0 Å². The van der Waals surface area contributed by atoms with E-state index in [1.54, 1.807) is 25.3 Å². The molecule has 1 aromatic rings. The molecule has 1 unspecified atom stereocenters. The number of hydrogen-bond acceptors (Lipinski definition) is 3. The van der Waals surface area contributed by atoms with Crippen molar-refractivity contribution in [2.45, 2.75) is 19.4 Å². The highest BCUT2D eigenvalue weighted by atomic mass is 35.5. The van der Waals surface area contributed by atoms with Crippen molar-refractivity contribution in [2.24, 2.45) is 11.7 Å². The normalized spacial score (nSPS) is 14.9. The minimum Gasteiger partial charge on any atom is -0.496 e. The van der Waals surface area contributed by atoms with E-state index in [1.165, 1.54) is 0 Å². The largest absolute Gasteiger partial charge is 0.496 e. The first-order valence-corrected chi connectivity index (χ1v) is 5.60. The highest BCUT2D eigenvalue weighted by Crippen LogP contribution is 2.36. The SMILES string of the molecule is COc1ccc(Cl)cc1C(O)(CN)C(C)C. The molecule has 0 spiro atoms. The zero-order valence-electron chi connectivity index (χ0n) is 9.83. The van der Waals surface area contributed by atoms with Crippen LogP contribution in [-0.2, 0) is 5.60 Å². The first-order chi connectivity index (χ1) is 7.45. The Labute approximate surface area is 101 Å². The molecule has 90 valence electrons. The molecule has 0 bridgehead atoms. The Kier molecular flexibility index (Phi) is 4.19. The van der Waals surface area contributed by atoms with E-state index in [0.717, 1.165) is 0 Å². The Morgan fingerprint density at radius 3 is 2.56 bits per heavy atom. The Bertz CT molecular complexity index is 368. The predicted molar refractivity (Wildman–Crippen MR) is 65.8 cm³/mol. The second-order valence-electron chi connectivity index (χ2n) is 4.13. The van der Waals surface area contributed by atoms with Gasteiger partial charge in [0.25, 0.3) is 0 Å². The van der Waals surface area contributed by atoms with Crippen molar-refractivity contribution >= 4 is 11.6 Å². The molecule has 1 rings (SSSR count). The van der Waals surface area contributed by atoms with Crippen LogP contribution in [0.4, 0.5) is 0 Å². The first kappa shape index (κ1) is 13.3. The van der Waals surface area contributed by atoms with E-state index in [1.807, 2.05) is 13.8 Å². The number of rotatable bonds is 4. The molecule has 3 N–H and O–H groups in total. The van der Waals surface area contributed by atoms with Crippen LogP contribution in [0.2, 0.25) is 5.02 Å². The molecule has 0 amide bonds. The summed E-state index contributed by atoms with van der Waals surface area (Å²) in [4.78, 5) is 0. The number of ether oxygens (including phenoxy) is 1. The van der Waals surface area contributed by atoms with Crippen molar-refractivity contribution in [1.29, 1.82) is 0 Å². The molecule has 0 saturated carbocycles. The molecule has 0 aliphatic heterocycles. The molecule has 0 radical (unpaired) electrons. The molecule has 1 atom stereocenters. The topological polar surface area (TPSA) is 55.5 Å². The van der Waals surface area contributed by atoms with Gasteiger partial charge in [-0.1, -0.05) is 25.4 Å². The van der Waals surface area contributed by atoms with Gasteiger partial charge in [-0.3, -0.25) is 0 Å². The smallest absolute Gasteiger partial charge is 0.125 e. The first-order valence-electron chi connectivity index (χ1n) is 5.22. The van der Waals surface area contributed by atoms with Crippen LogP contribution >= 0.6 is 11.6 Å². The van der Waals surface area contributed by atoms with Gasteiger partial charge in [0.05, 0.1) is 7.11 Å². The van der Waals surface area contributed by atoms with Crippen LogP contribution < -0.4 is 10.5 Å². The number of methoxy groups -OCH3 is 1. The van der Waals surface area contributed by atoms with Gasteiger partial charge in [-0.15, -0.1) is 0 Å². The zero-order chi connectivity index (χ0) is 12.3. The molecule has 0 saturated heterocycles. The quantitative estimate of drug-likeness (QED) is 0.852. The molecule has 0 aromatic heterocycles. The second kappa shape index (κ2) is 5.04. The van der Waals surface area contributed by atoms with E-state index in [2.05, 4.69) is 0 Å². The molecular formula is C12H18ClNO2. The second-order valence-corrected chi connectivity index (χ2v) is 4.56. The third kappa shape index (κ3) is 2.32. The van der Waals surface area contributed by atoms with Gasteiger partial charge in [0.1, 0.15) is 11.4 Å². The molecule has 16 heavy (non-hydrogen) atoms. The molecule has 1 aromatic carbocycles. The Balaban J connectivity index is 3.33. The molecule has 0 heterocycles. The van der Waals surface area contributed by atoms with Crippen molar-refractivity contribution in [2.75, 3.05) is 13.7 Å². The Morgan fingerprint density at radius 1 is 1.50 bits per heavy atom. The van der Waals surface area contributed by atoms with Crippen molar-refractivity contribution in [3.05, 3.63) is 28.8 Å². The lowest BCUT2D eigenvalue weighted by molar-refractivity contribution is -0.00312. The maximum absolute atomic E-state index is 10.5. The monoisotopic (exact) mass is 243 g/mol. The number of nitrogens with two attached hydrogens (primary N) is 1. The molecule has 4 heteroatoms. The fraction of sp³-hybridized carbons (Fsp3) is 0.500. The summed E-state index contributed by atoms with van der Waals surface area (Å²) < 4.78 is 5.22. The molecule has 0 aliphatic carbocycles. The number of hydrogen-bond donors (Lipinski definition) is 2. The molecular weight excluding hydrogens is 226 g/mol. The number of benzene rings is 1. The van der Waals surface area contributed by atoms with Gasteiger partial charge in [0, 0.05) is 17.1 Å². The third-order valence-corrected chi connectivity index (χ3v) is 3.13. The summed E-state index contributed by atoms with van der Waals surface area (Å²) in [6.45, 7) is 3.95. The average molecular weight is 244 g/mol. The molecule has 0 fully saturated rings. The summed E-state index contributed by atoms with van der Waals surface area (Å²) in [5, 5.41) is 11.1. The van der Waals surface area contributed by atoms with Crippen molar-refractivity contribution in [3.63, 3.8) is 0 Å². The maximum atomic E-state index is 10.5. The molecule has 0 aliphatic rings. The number of aliphatic hydroxyl groups is 1. The maximum Gasteiger partial charge on any atom is 0.125 e.